The molecule has 2 atom stereocenters. The van der Waals surface area contributed by atoms with E-state index >= 15 is 0 Å². The number of aromatic amines is 1. The molecule has 0 spiro atoms. The lowest BCUT2D eigenvalue weighted by atomic mass is 10.0. The number of nitrogens with one attached hydrogen (secondary N) is 1. The lowest BCUT2D eigenvalue weighted by Crippen LogP contribution is -2.03. The minimum Gasteiger partial charge on any atom is -0.481 e. The lowest BCUT2D eigenvalue weighted by Gasteiger charge is -2.02. The molecular weight excluding hydrogens is 214 g/mol. The fourth-order valence-electron chi connectivity index (χ4n) is 2.99. The van der Waals surface area contributed by atoms with E-state index in [9.17, 15) is 9.90 Å². The standard InChI is InChI=1S/C14H15NO2/c1-14(2)11(12(14)13(16)17)9-3-4-10-8(7-9)5-6-15-10/h3-7,11-12,15H,1-2H3,(H,16,17). The van der Waals surface area contributed by atoms with Gasteiger partial charge >= 0.3 is 5.97 Å². The summed E-state index contributed by atoms with van der Waals surface area (Å²) >= 11 is 0. The molecule has 2 aromatic rings. The van der Waals surface area contributed by atoms with Gasteiger partial charge in [0.25, 0.3) is 0 Å². The van der Waals surface area contributed by atoms with Crippen molar-refractivity contribution in [1.82, 2.24) is 4.98 Å². The molecule has 88 valence electrons. The molecule has 1 aromatic heterocycles. The number of H-pyrrole nitrogens is 1. The Morgan fingerprint density at radius 2 is 2.12 bits per heavy atom. The van der Waals surface area contributed by atoms with Gasteiger partial charge < -0.3 is 10.1 Å². The molecular formula is C14H15NO2. The van der Waals surface area contributed by atoms with Crippen molar-refractivity contribution in [2.75, 3.05) is 0 Å². The molecule has 2 N–H and O–H groups in total. The topological polar surface area (TPSA) is 53.1 Å². The Kier molecular flexibility index (Phi) is 1.91. The van der Waals surface area contributed by atoms with Gasteiger partial charge in [0.05, 0.1) is 5.92 Å². The van der Waals surface area contributed by atoms with Gasteiger partial charge in [0.1, 0.15) is 0 Å². The molecule has 1 aliphatic rings. The van der Waals surface area contributed by atoms with E-state index in [1.165, 1.54) is 0 Å². The summed E-state index contributed by atoms with van der Waals surface area (Å²) in [5.74, 6) is -0.799. The maximum atomic E-state index is 11.2. The van der Waals surface area contributed by atoms with Crippen LogP contribution in [0.15, 0.2) is 30.5 Å². The first-order chi connectivity index (χ1) is 8.01. The lowest BCUT2D eigenvalue weighted by molar-refractivity contribution is -0.139. The second-order valence-corrected chi connectivity index (χ2v) is 5.44. The molecule has 1 heterocycles. The Morgan fingerprint density at radius 3 is 2.76 bits per heavy atom. The molecule has 0 amide bonds. The van der Waals surface area contributed by atoms with Gasteiger partial charge in [-0.2, -0.15) is 0 Å². The summed E-state index contributed by atoms with van der Waals surface area (Å²) in [7, 11) is 0. The third-order valence-electron chi connectivity index (χ3n) is 4.03. The smallest absolute Gasteiger partial charge is 0.307 e. The van der Waals surface area contributed by atoms with Crippen molar-refractivity contribution < 1.29 is 9.90 Å². The quantitative estimate of drug-likeness (QED) is 0.831. The minimum atomic E-state index is -0.686. The van der Waals surface area contributed by atoms with Crippen molar-refractivity contribution in [2.45, 2.75) is 19.8 Å². The highest BCUT2D eigenvalue weighted by Gasteiger charge is 2.62. The number of hydrogen-bond acceptors (Lipinski definition) is 1. The van der Waals surface area contributed by atoms with Crippen molar-refractivity contribution in [3.8, 4) is 0 Å². The van der Waals surface area contributed by atoms with E-state index in [1.54, 1.807) is 0 Å². The first-order valence-corrected chi connectivity index (χ1v) is 5.81. The molecule has 17 heavy (non-hydrogen) atoms. The van der Waals surface area contributed by atoms with Crippen LogP contribution in [-0.4, -0.2) is 16.1 Å². The van der Waals surface area contributed by atoms with Gasteiger partial charge in [-0.15, -0.1) is 0 Å². The van der Waals surface area contributed by atoms with E-state index in [2.05, 4.69) is 11.1 Å². The van der Waals surface area contributed by atoms with Gasteiger partial charge in [-0.1, -0.05) is 19.9 Å². The SMILES string of the molecule is CC1(C)C(C(=O)O)C1c1ccc2[nH]ccc2c1. The average molecular weight is 229 g/mol. The van der Waals surface area contributed by atoms with E-state index in [4.69, 9.17) is 0 Å². The molecule has 0 saturated heterocycles. The molecule has 3 rings (SSSR count). The highest BCUT2D eigenvalue weighted by Crippen LogP contribution is 2.64. The van der Waals surface area contributed by atoms with Crippen LogP contribution >= 0.6 is 0 Å². The molecule has 1 fully saturated rings. The zero-order valence-electron chi connectivity index (χ0n) is 9.90. The van der Waals surface area contributed by atoms with E-state index in [0.29, 0.717) is 0 Å². The normalized spacial score (nSPS) is 26.0. The van der Waals surface area contributed by atoms with Crippen molar-refractivity contribution in [3.63, 3.8) is 0 Å². The molecule has 0 aliphatic heterocycles. The van der Waals surface area contributed by atoms with Crippen molar-refractivity contribution in [3.05, 3.63) is 36.0 Å². The Labute approximate surface area is 99.5 Å². The van der Waals surface area contributed by atoms with Gasteiger partial charge in [0, 0.05) is 17.6 Å². The number of carboxylic acid groups (broad SMARTS) is 1. The monoisotopic (exact) mass is 229 g/mol. The Balaban J connectivity index is 2.02. The Hall–Kier alpha value is -1.77. The predicted octanol–water partition coefficient (Wildman–Crippen LogP) is 2.99. The molecule has 2 unspecified atom stereocenters. The van der Waals surface area contributed by atoms with Crippen molar-refractivity contribution in [2.24, 2.45) is 11.3 Å². The molecule has 1 saturated carbocycles. The highest BCUT2D eigenvalue weighted by atomic mass is 16.4. The average Bonchev–Trinajstić information content (AvgIpc) is 2.66. The van der Waals surface area contributed by atoms with Crippen LogP contribution in [0.4, 0.5) is 0 Å². The van der Waals surface area contributed by atoms with Gasteiger partial charge in [0.15, 0.2) is 0 Å². The van der Waals surface area contributed by atoms with Crippen LogP contribution < -0.4 is 0 Å². The number of hydrogen-bond donors (Lipinski definition) is 2. The number of fused-ring (bicyclic) bond motifs is 1. The molecule has 0 bridgehead atoms. The third kappa shape index (κ3) is 1.38. The summed E-state index contributed by atoms with van der Waals surface area (Å²) in [4.78, 5) is 14.3. The van der Waals surface area contributed by atoms with E-state index in [0.717, 1.165) is 16.5 Å². The number of carboxylic acids is 1. The zero-order chi connectivity index (χ0) is 12.2. The zero-order valence-corrected chi connectivity index (χ0v) is 9.90. The van der Waals surface area contributed by atoms with Gasteiger partial charge in [-0.3, -0.25) is 4.79 Å². The van der Waals surface area contributed by atoms with Crippen molar-refractivity contribution >= 4 is 16.9 Å². The largest absolute Gasteiger partial charge is 0.481 e. The number of aliphatic carboxylic acids is 1. The Morgan fingerprint density at radius 1 is 1.35 bits per heavy atom. The fraction of sp³-hybridized carbons (Fsp3) is 0.357. The van der Waals surface area contributed by atoms with Crippen LogP contribution in [0.2, 0.25) is 0 Å². The van der Waals surface area contributed by atoms with Crippen LogP contribution in [0.3, 0.4) is 0 Å². The van der Waals surface area contributed by atoms with Crippen LogP contribution in [0.1, 0.15) is 25.3 Å². The summed E-state index contributed by atoms with van der Waals surface area (Å²) in [5.41, 5.74) is 2.10. The van der Waals surface area contributed by atoms with Gasteiger partial charge in [-0.05, 0) is 34.6 Å². The minimum absolute atomic E-state index is 0.129. The van der Waals surface area contributed by atoms with Gasteiger partial charge in [-0.25, -0.2) is 0 Å². The summed E-state index contributed by atoms with van der Waals surface area (Å²) in [6.07, 6.45) is 1.90. The third-order valence-corrected chi connectivity index (χ3v) is 4.03. The number of carbonyl (C=O) groups is 1. The Bertz CT molecular complexity index is 597. The number of rotatable bonds is 2. The maximum absolute atomic E-state index is 11.2. The molecule has 1 aromatic carbocycles. The van der Waals surface area contributed by atoms with Crippen LogP contribution in [0.5, 0.6) is 0 Å². The number of aromatic nitrogens is 1. The van der Waals surface area contributed by atoms with E-state index in [-0.39, 0.29) is 17.3 Å². The first-order valence-electron chi connectivity index (χ1n) is 5.81. The molecule has 3 nitrogen and oxygen atoms in total. The van der Waals surface area contributed by atoms with Crippen LogP contribution in [-0.2, 0) is 4.79 Å². The highest BCUT2D eigenvalue weighted by molar-refractivity contribution is 5.82. The van der Waals surface area contributed by atoms with Crippen LogP contribution in [0, 0.1) is 11.3 Å². The predicted molar refractivity (Wildman–Crippen MR) is 65.9 cm³/mol. The van der Waals surface area contributed by atoms with E-state index in [1.807, 2.05) is 38.2 Å². The van der Waals surface area contributed by atoms with Crippen molar-refractivity contribution in [1.29, 1.82) is 0 Å². The first kappa shape index (κ1) is 10.4. The molecule has 3 heteroatoms. The molecule has 0 radical (unpaired) electrons. The number of benzene rings is 1. The fourth-order valence-corrected chi connectivity index (χ4v) is 2.99. The van der Waals surface area contributed by atoms with Crippen LogP contribution in [0.25, 0.3) is 10.9 Å². The maximum Gasteiger partial charge on any atom is 0.307 e. The second kappa shape index (κ2) is 3.13. The van der Waals surface area contributed by atoms with Gasteiger partial charge in [0.2, 0.25) is 0 Å². The molecule has 1 aliphatic carbocycles. The summed E-state index contributed by atoms with van der Waals surface area (Å²) in [5, 5.41) is 10.3. The summed E-state index contributed by atoms with van der Waals surface area (Å²) in [6.45, 7) is 4.05. The van der Waals surface area contributed by atoms with E-state index < -0.39 is 5.97 Å². The second-order valence-electron chi connectivity index (χ2n) is 5.44. The summed E-state index contributed by atoms with van der Waals surface area (Å²) in [6, 6.07) is 8.18. The summed E-state index contributed by atoms with van der Waals surface area (Å²) < 4.78 is 0.